The summed E-state index contributed by atoms with van der Waals surface area (Å²) in [4.78, 5) is 12.4. The van der Waals surface area contributed by atoms with E-state index in [1.165, 1.54) is 10.2 Å². The highest BCUT2D eigenvalue weighted by molar-refractivity contribution is 6.05. The molecule has 3 N–H and O–H groups in total. The predicted octanol–water partition coefficient (Wildman–Crippen LogP) is 3.23. The van der Waals surface area contributed by atoms with Gasteiger partial charge in [-0.2, -0.15) is 4.68 Å². The number of aromatic nitrogens is 3. The Hall–Kier alpha value is -3.15. The lowest BCUT2D eigenvalue weighted by atomic mass is 10.0. The third-order valence-corrected chi connectivity index (χ3v) is 3.76. The molecule has 0 aliphatic rings. The number of anilines is 2. The van der Waals surface area contributed by atoms with E-state index >= 15 is 0 Å². The number of nitrogen functional groups attached to an aromatic ring is 1. The Kier molecular flexibility index (Phi) is 4.29. The van der Waals surface area contributed by atoms with E-state index in [0.717, 1.165) is 5.69 Å². The molecule has 122 valence electrons. The van der Waals surface area contributed by atoms with Crippen LogP contribution in [0.4, 0.5) is 11.5 Å². The van der Waals surface area contributed by atoms with E-state index in [1.807, 2.05) is 54.6 Å². The molecule has 0 saturated carbocycles. The molecule has 0 unspecified atom stereocenters. The van der Waals surface area contributed by atoms with Crippen LogP contribution in [0.25, 0.3) is 5.69 Å². The van der Waals surface area contributed by atoms with E-state index < -0.39 is 0 Å². The van der Waals surface area contributed by atoms with Gasteiger partial charge in [0.1, 0.15) is 0 Å². The predicted molar refractivity (Wildman–Crippen MR) is 94.3 cm³/mol. The number of hydrogen-bond acceptors (Lipinski definition) is 4. The number of carbonyl (C=O) groups excluding carboxylic acids is 1. The molecule has 0 spiro atoms. The van der Waals surface area contributed by atoms with Gasteiger partial charge in [-0.05, 0) is 35.7 Å². The van der Waals surface area contributed by atoms with E-state index in [2.05, 4.69) is 29.5 Å². The van der Waals surface area contributed by atoms with Crippen molar-refractivity contribution in [1.29, 1.82) is 0 Å². The van der Waals surface area contributed by atoms with Crippen LogP contribution in [-0.2, 0) is 0 Å². The third kappa shape index (κ3) is 3.12. The summed E-state index contributed by atoms with van der Waals surface area (Å²) in [6, 6.07) is 17.0. The monoisotopic (exact) mass is 321 g/mol. The first-order chi connectivity index (χ1) is 11.6. The highest BCUT2D eigenvalue weighted by Gasteiger charge is 2.18. The quantitative estimate of drug-likeness (QED) is 0.772. The summed E-state index contributed by atoms with van der Waals surface area (Å²) in [6.45, 7) is 4.24. The molecule has 0 radical (unpaired) electrons. The number of hydrogen-bond donors (Lipinski definition) is 2. The van der Waals surface area contributed by atoms with E-state index in [9.17, 15) is 4.79 Å². The lowest BCUT2D eigenvalue weighted by molar-refractivity contribution is 0.102. The van der Waals surface area contributed by atoms with Gasteiger partial charge in [-0.15, -0.1) is 5.10 Å². The molecule has 0 aliphatic carbocycles. The minimum absolute atomic E-state index is 0.104. The van der Waals surface area contributed by atoms with E-state index in [1.54, 1.807) is 0 Å². The van der Waals surface area contributed by atoms with Crippen LogP contribution in [0.1, 0.15) is 35.8 Å². The molecule has 6 nitrogen and oxygen atoms in total. The lowest BCUT2D eigenvalue weighted by Crippen LogP contribution is -2.15. The Morgan fingerprint density at radius 2 is 1.75 bits per heavy atom. The Labute approximate surface area is 140 Å². The van der Waals surface area contributed by atoms with Gasteiger partial charge in [-0.25, -0.2) is 0 Å². The Morgan fingerprint density at radius 3 is 2.38 bits per heavy atom. The minimum atomic E-state index is -0.382. The van der Waals surface area contributed by atoms with Crippen molar-refractivity contribution >= 4 is 17.4 Å². The summed E-state index contributed by atoms with van der Waals surface area (Å²) >= 11 is 0. The molecule has 0 bridgehead atoms. The zero-order chi connectivity index (χ0) is 17.1. The first-order valence-electron chi connectivity index (χ1n) is 7.74. The van der Waals surface area contributed by atoms with Crippen LogP contribution >= 0.6 is 0 Å². The van der Waals surface area contributed by atoms with Gasteiger partial charge in [0.15, 0.2) is 11.5 Å². The van der Waals surface area contributed by atoms with Gasteiger partial charge in [-0.1, -0.05) is 49.4 Å². The molecule has 0 atom stereocenters. The summed E-state index contributed by atoms with van der Waals surface area (Å²) < 4.78 is 1.44. The minimum Gasteiger partial charge on any atom is -0.382 e. The van der Waals surface area contributed by atoms with Gasteiger partial charge in [0, 0.05) is 5.69 Å². The average Bonchev–Trinajstić information content (AvgIpc) is 2.98. The molecule has 3 rings (SSSR count). The first-order valence-corrected chi connectivity index (χ1v) is 7.74. The molecule has 6 heteroatoms. The van der Waals surface area contributed by atoms with Crippen LogP contribution in [-0.4, -0.2) is 20.9 Å². The second-order valence-electron chi connectivity index (χ2n) is 5.80. The van der Waals surface area contributed by atoms with Gasteiger partial charge in [0.05, 0.1) is 5.69 Å². The number of rotatable bonds is 4. The number of carbonyl (C=O) groups is 1. The number of nitrogens with zero attached hydrogens (tertiary/aromatic N) is 3. The van der Waals surface area contributed by atoms with Crippen LogP contribution < -0.4 is 11.1 Å². The Bertz CT molecular complexity index is 838. The van der Waals surface area contributed by atoms with E-state index in [-0.39, 0.29) is 17.4 Å². The zero-order valence-electron chi connectivity index (χ0n) is 13.6. The van der Waals surface area contributed by atoms with Crippen molar-refractivity contribution in [3.8, 4) is 5.69 Å². The number of nitrogens with one attached hydrogen (secondary N) is 1. The molecule has 0 saturated heterocycles. The van der Waals surface area contributed by atoms with Crippen LogP contribution in [0.15, 0.2) is 54.6 Å². The molecular formula is C18H19N5O. The third-order valence-electron chi connectivity index (χ3n) is 3.76. The molecule has 0 aliphatic heterocycles. The van der Waals surface area contributed by atoms with Gasteiger partial charge in [0.2, 0.25) is 0 Å². The molecule has 3 aromatic rings. The maximum atomic E-state index is 12.4. The molecule has 2 aromatic carbocycles. The van der Waals surface area contributed by atoms with Crippen LogP contribution in [0.3, 0.4) is 0 Å². The topological polar surface area (TPSA) is 85.8 Å². The largest absolute Gasteiger partial charge is 0.382 e. The zero-order valence-corrected chi connectivity index (χ0v) is 13.6. The highest BCUT2D eigenvalue weighted by Crippen LogP contribution is 2.19. The fourth-order valence-corrected chi connectivity index (χ4v) is 2.35. The number of benzene rings is 2. The Morgan fingerprint density at radius 1 is 1.08 bits per heavy atom. The number of para-hydroxylation sites is 1. The van der Waals surface area contributed by atoms with Gasteiger partial charge >= 0.3 is 0 Å². The molecule has 1 heterocycles. The fourth-order valence-electron chi connectivity index (χ4n) is 2.35. The van der Waals surface area contributed by atoms with E-state index in [4.69, 9.17) is 5.73 Å². The summed E-state index contributed by atoms with van der Waals surface area (Å²) in [5.74, 6) is 0.264. The van der Waals surface area contributed by atoms with Crippen LogP contribution in [0.2, 0.25) is 0 Å². The van der Waals surface area contributed by atoms with Gasteiger partial charge in [0.25, 0.3) is 5.91 Å². The van der Waals surface area contributed by atoms with Gasteiger partial charge in [-0.3, -0.25) is 4.79 Å². The highest BCUT2D eigenvalue weighted by atomic mass is 16.2. The Balaban J connectivity index is 1.80. The molecule has 24 heavy (non-hydrogen) atoms. The smallest absolute Gasteiger partial charge is 0.280 e. The molecule has 0 fully saturated rings. The maximum Gasteiger partial charge on any atom is 0.280 e. The number of amides is 1. The standard InChI is InChI=1S/C18H19N5O/c1-12(2)13-8-10-14(11-9-13)20-18(24)16-17(19)23(22-21-16)15-6-4-3-5-7-15/h3-12H,19H2,1-2H3,(H,20,24). The summed E-state index contributed by atoms with van der Waals surface area (Å²) in [5, 5.41) is 10.7. The molecular weight excluding hydrogens is 302 g/mol. The van der Waals surface area contributed by atoms with Crippen molar-refractivity contribution in [2.75, 3.05) is 11.1 Å². The summed E-state index contributed by atoms with van der Waals surface area (Å²) in [7, 11) is 0. The normalized spacial score (nSPS) is 10.8. The van der Waals surface area contributed by atoms with E-state index in [0.29, 0.717) is 11.6 Å². The van der Waals surface area contributed by atoms with Crippen LogP contribution in [0.5, 0.6) is 0 Å². The second kappa shape index (κ2) is 6.54. The molecule has 1 aromatic heterocycles. The van der Waals surface area contributed by atoms with Crippen molar-refractivity contribution in [3.63, 3.8) is 0 Å². The fraction of sp³-hybridized carbons (Fsp3) is 0.167. The summed E-state index contributed by atoms with van der Waals surface area (Å²) in [6.07, 6.45) is 0. The summed E-state index contributed by atoms with van der Waals surface area (Å²) in [5.41, 5.74) is 8.79. The maximum absolute atomic E-state index is 12.4. The second-order valence-corrected chi connectivity index (χ2v) is 5.80. The van der Waals surface area contributed by atoms with Crippen molar-refractivity contribution in [2.24, 2.45) is 0 Å². The van der Waals surface area contributed by atoms with Crippen LogP contribution in [0, 0.1) is 0 Å². The van der Waals surface area contributed by atoms with Crippen molar-refractivity contribution < 1.29 is 4.79 Å². The number of nitrogens with two attached hydrogens (primary N) is 1. The van der Waals surface area contributed by atoms with Crippen molar-refractivity contribution in [1.82, 2.24) is 15.0 Å². The SMILES string of the molecule is CC(C)c1ccc(NC(=O)c2nnn(-c3ccccc3)c2N)cc1. The average molecular weight is 321 g/mol. The van der Waals surface area contributed by atoms with Crippen molar-refractivity contribution in [3.05, 3.63) is 65.9 Å². The first kappa shape index (κ1) is 15.7. The van der Waals surface area contributed by atoms with Gasteiger partial charge < -0.3 is 11.1 Å². The molecule has 1 amide bonds. The lowest BCUT2D eigenvalue weighted by Gasteiger charge is -2.08. The van der Waals surface area contributed by atoms with Crippen molar-refractivity contribution in [2.45, 2.75) is 19.8 Å².